The molecule has 0 saturated carbocycles. The Morgan fingerprint density at radius 3 is 2.79 bits per heavy atom. The number of rotatable bonds is 3. The highest BCUT2D eigenvalue weighted by Crippen LogP contribution is 2.23. The molecule has 0 radical (unpaired) electrons. The van der Waals surface area contributed by atoms with Gasteiger partial charge in [0.15, 0.2) is 0 Å². The number of aromatic nitrogens is 1. The van der Waals surface area contributed by atoms with Crippen LogP contribution >= 0.6 is 0 Å². The zero-order valence-electron chi connectivity index (χ0n) is 10.2. The molecule has 0 aliphatic heterocycles. The molecule has 0 bridgehead atoms. The number of hydrogen-bond acceptors (Lipinski definition) is 4. The van der Waals surface area contributed by atoms with E-state index < -0.39 is 11.9 Å². The highest BCUT2D eigenvalue weighted by atomic mass is 19.1. The maximum Gasteiger partial charge on any atom is 0.219 e. The van der Waals surface area contributed by atoms with E-state index >= 15 is 0 Å². The van der Waals surface area contributed by atoms with E-state index in [9.17, 15) is 9.50 Å². The normalized spacial score (nSPS) is 11.7. The van der Waals surface area contributed by atoms with Crippen molar-refractivity contribution in [2.75, 3.05) is 0 Å². The lowest BCUT2D eigenvalue weighted by atomic mass is 10.2. The number of nitriles is 1. The van der Waals surface area contributed by atoms with Gasteiger partial charge < -0.3 is 9.84 Å². The summed E-state index contributed by atoms with van der Waals surface area (Å²) in [5.41, 5.74) is 0.608. The van der Waals surface area contributed by atoms with Gasteiger partial charge in [0.2, 0.25) is 5.88 Å². The number of pyridine rings is 1. The van der Waals surface area contributed by atoms with Crippen LogP contribution in [0.25, 0.3) is 0 Å². The average Bonchev–Trinajstić information content (AvgIpc) is 2.39. The summed E-state index contributed by atoms with van der Waals surface area (Å²) in [5, 5.41) is 18.1. The molecule has 0 saturated heterocycles. The van der Waals surface area contributed by atoms with Crippen LogP contribution in [0.5, 0.6) is 11.6 Å². The average molecular weight is 258 g/mol. The topological polar surface area (TPSA) is 66.1 Å². The highest BCUT2D eigenvalue weighted by Gasteiger charge is 2.07. The van der Waals surface area contributed by atoms with Crippen molar-refractivity contribution in [3.63, 3.8) is 0 Å². The number of halogens is 1. The van der Waals surface area contributed by atoms with Crippen LogP contribution in [0.2, 0.25) is 0 Å². The van der Waals surface area contributed by atoms with Crippen LogP contribution in [0, 0.1) is 17.1 Å². The van der Waals surface area contributed by atoms with Gasteiger partial charge in [-0.3, -0.25) is 0 Å². The van der Waals surface area contributed by atoms with Crippen LogP contribution in [0.3, 0.4) is 0 Å². The lowest BCUT2D eigenvalue weighted by molar-refractivity contribution is 0.198. The van der Waals surface area contributed by atoms with Crippen molar-refractivity contribution in [3.8, 4) is 17.7 Å². The summed E-state index contributed by atoms with van der Waals surface area (Å²) in [6.07, 6.45) is 0.861. The van der Waals surface area contributed by atoms with Crippen molar-refractivity contribution < 1.29 is 14.2 Å². The lowest BCUT2D eigenvalue weighted by Crippen LogP contribution is -1.94. The largest absolute Gasteiger partial charge is 0.439 e. The van der Waals surface area contributed by atoms with Gasteiger partial charge in [-0.1, -0.05) is 0 Å². The summed E-state index contributed by atoms with van der Waals surface area (Å²) in [7, 11) is 0. The minimum atomic E-state index is -0.647. The molecule has 1 unspecified atom stereocenters. The molecule has 1 aromatic carbocycles. The van der Waals surface area contributed by atoms with Crippen LogP contribution in [-0.2, 0) is 0 Å². The van der Waals surface area contributed by atoms with Crippen molar-refractivity contribution in [2.24, 2.45) is 0 Å². The number of nitrogens with zero attached hydrogens (tertiary/aromatic N) is 2. The Bertz CT molecular complexity index is 636. The molecule has 19 heavy (non-hydrogen) atoms. The Labute approximate surface area is 109 Å². The predicted molar refractivity (Wildman–Crippen MR) is 66.1 cm³/mol. The van der Waals surface area contributed by atoms with E-state index in [0.717, 1.165) is 6.07 Å². The SMILES string of the molecule is CC(O)c1ccnc(Oc2ccc(C#N)c(F)c2)c1. The van der Waals surface area contributed by atoms with E-state index in [4.69, 9.17) is 10.00 Å². The smallest absolute Gasteiger partial charge is 0.219 e. The van der Waals surface area contributed by atoms with Crippen molar-refractivity contribution in [1.82, 2.24) is 4.98 Å². The van der Waals surface area contributed by atoms with Gasteiger partial charge in [0.05, 0.1) is 11.7 Å². The maximum atomic E-state index is 13.4. The number of aliphatic hydroxyl groups is 1. The third-order valence-electron chi connectivity index (χ3n) is 2.52. The molecule has 1 N–H and O–H groups in total. The van der Waals surface area contributed by atoms with Crippen LogP contribution in [0.1, 0.15) is 24.2 Å². The molecule has 0 amide bonds. The van der Waals surface area contributed by atoms with E-state index in [1.807, 2.05) is 0 Å². The van der Waals surface area contributed by atoms with Crippen LogP contribution < -0.4 is 4.74 Å². The van der Waals surface area contributed by atoms with Crippen molar-refractivity contribution >= 4 is 0 Å². The second-order valence-electron chi connectivity index (χ2n) is 3.96. The molecular formula is C14H11FN2O2. The molecule has 1 aromatic heterocycles. The fraction of sp³-hybridized carbons (Fsp3) is 0.143. The van der Waals surface area contributed by atoms with E-state index in [-0.39, 0.29) is 17.2 Å². The molecule has 4 nitrogen and oxygen atoms in total. The van der Waals surface area contributed by atoms with Crippen LogP contribution in [-0.4, -0.2) is 10.1 Å². The monoisotopic (exact) mass is 258 g/mol. The highest BCUT2D eigenvalue weighted by molar-refractivity contribution is 5.38. The van der Waals surface area contributed by atoms with Crippen molar-refractivity contribution in [2.45, 2.75) is 13.0 Å². The van der Waals surface area contributed by atoms with E-state index in [2.05, 4.69) is 4.98 Å². The Morgan fingerprint density at radius 1 is 1.37 bits per heavy atom. The number of benzene rings is 1. The van der Waals surface area contributed by atoms with Gasteiger partial charge in [-0.15, -0.1) is 0 Å². The van der Waals surface area contributed by atoms with E-state index in [0.29, 0.717) is 5.56 Å². The van der Waals surface area contributed by atoms with Gasteiger partial charge in [-0.25, -0.2) is 9.37 Å². The van der Waals surface area contributed by atoms with Crippen molar-refractivity contribution in [3.05, 3.63) is 53.5 Å². The minimum absolute atomic E-state index is 0.0435. The van der Waals surface area contributed by atoms with Gasteiger partial charge in [0.25, 0.3) is 0 Å². The third-order valence-corrected chi connectivity index (χ3v) is 2.52. The fourth-order valence-electron chi connectivity index (χ4n) is 1.51. The number of aliphatic hydroxyl groups excluding tert-OH is 1. The van der Waals surface area contributed by atoms with E-state index in [1.54, 1.807) is 25.1 Å². The van der Waals surface area contributed by atoms with Gasteiger partial charge in [0.1, 0.15) is 17.6 Å². The summed E-state index contributed by atoms with van der Waals surface area (Å²) in [4.78, 5) is 3.97. The Hall–Kier alpha value is -2.45. The Kier molecular flexibility index (Phi) is 3.74. The zero-order valence-corrected chi connectivity index (χ0v) is 10.2. The summed E-state index contributed by atoms with van der Waals surface area (Å²) in [6.45, 7) is 1.63. The summed E-state index contributed by atoms with van der Waals surface area (Å²) in [6, 6.07) is 8.91. The molecule has 1 heterocycles. The summed E-state index contributed by atoms with van der Waals surface area (Å²) >= 11 is 0. The standard InChI is InChI=1S/C14H11FN2O2/c1-9(18)10-4-5-17-14(6-10)19-12-3-2-11(8-16)13(15)7-12/h2-7,9,18H,1H3. The number of ether oxygens (including phenoxy) is 1. The first kappa shape index (κ1) is 13.0. The fourth-order valence-corrected chi connectivity index (χ4v) is 1.51. The first-order chi connectivity index (χ1) is 9.10. The molecule has 96 valence electrons. The van der Waals surface area contributed by atoms with Gasteiger partial charge >= 0.3 is 0 Å². The Balaban J connectivity index is 2.24. The Morgan fingerprint density at radius 2 is 2.16 bits per heavy atom. The minimum Gasteiger partial charge on any atom is -0.439 e. The summed E-state index contributed by atoms with van der Waals surface area (Å²) < 4.78 is 18.8. The molecule has 0 spiro atoms. The van der Waals surface area contributed by atoms with Gasteiger partial charge in [-0.2, -0.15) is 5.26 Å². The first-order valence-corrected chi connectivity index (χ1v) is 5.61. The second-order valence-corrected chi connectivity index (χ2v) is 3.96. The van der Waals surface area contributed by atoms with Crippen LogP contribution in [0.15, 0.2) is 36.5 Å². The van der Waals surface area contributed by atoms with Gasteiger partial charge in [-0.05, 0) is 30.7 Å². The molecule has 1 atom stereocenters. The van der Waals surface area contributed by atoms with E-state index in [1.165, 1.54) is 18.3 Å². The quantitative estimate of drug-likeness (QED) is 0.919. The second kappa shape index (κ2) is 5.46. The predicted octanol–water partition coefficient (Wildman–Crippen LogP) is 2.94. The molecule has 0 aliphatic rings. The molecule has 2 rings (SSSR count). The van der Waals surface area contributed by atoms with Crippen molar-refractivity contribution in [1.29, 1.82) is 5.26 Å². The maximum absolute atomic E-state index is 13.4. The molecule has 0 aliphatic carbocycles. The molecular weight excluding hydrogens is 247 g/mol. The van der Waals surface area contributed by atoms with Gasteiger partial charge in [0, 0.05) is 18.3 Å². The zero-order chi connectivity index (χ0) is 13.8. The lowest BCUT2D eigenvalue weighted by Gasteiger charge is -2.08. The first-order valence-electron chi connectivity index (χ1n) is 5.61. The van der Waals surface area contributed by atoms with Crippen LogP contribution in [0.4, 0.5) is 4.39 Å². The third kappa shape index (κ3) is 3.06. The molecule has 5 heteroatoms. The number of hydrogen-bond donors (Lipinski definition) is 1. The summed E-state index contributed by atoms with van der Waals surface area (Å²) in [5.74, 6) is -0.152. The molecule has 2 aromatic rings. The molecule has 0 fully saturated rings.